The molecule has 0 amide bonds. The van der Waals surface area contributed by atoms with E-state index in [1.807, 2.05) is 12.2 Å². The number of allylic oxidation sites excluding steroid dienone is 3. The van der Waals surface area contributed by atoms with Crippen LogP contribution in [0.3, 0.4) is 0 Å². The summed E-state index contributed by atoms with van der Waals surface area (Å²) in [6.07, 6.45) is 5.51. The standard InChI is InChI=1S/C9H8O2/c1-6-7-4-2-3-5-8(7)9(10)11-6/h2-3H,1,4-5H2. The van der Waals surface area contributed by atoms with Crippen molar-refractivity contribution in [3.8, 4) is 0 Å². The molecule has 0 aromatic rings. The van der Waals surface area contributed by atoms with E-state index in [9.17, 15) is 4.79 Å². The molecule has 1 aliphatic carbocycles. The number of esters is 1. The lowest BCUT2D eigenvalue weighted by Gasteiger charge is -2.02. The normalized spacial score (nSPS) is 22.2. The van der Waals surface area contributed by atoms with Crippen LogP contribution >= 0.6 is 0 Å². The van der Waals surface area contributed by atoms with Crippen LogP contribution in [0.1, 0.15) is 12.8 Å². The molecule has 0 saturated heterocycles. The zero-order valence-corrected chi connectivity index (χ0v) is 6.09. The second-order valence-corrected chi connectivity index (χ2v) is 2.65. The fourth-order valence-corrected chi connectivity index (χ4v) is 1.37. The molecule has 0 bridgehead atoms. The predicted molar refractivity (Wildman–Crippen MR) is 40.6 cm³/mol. The first-order chi connectivity index (χ1) is 5.29. The van der Waals surface area contributed by atoms with Crippen molar-refractivity contribution in [2.24, 2.45) is 0 Å². The average Bonchev–Trinajstić information content (AvgIpc) is 2.30. The molecule has 56 valence electrons. The van der Waals surface area contributed by atoms with E-state index < -0.39 is 0 Å². The highest BCUT2D eigenvalue weighted by Gasteiger charge is 2.27. The summed E-state index contributed by atoms with van der Waals surface area (Å²) >= 11 is 0. The Morgan fingerprint density at radius 3 is 2.55 bits per heavy atom. The first-order valence-corrected chi connectivity index (χ1v) is 3.57. The summed E-state index contributed by atoms with van der Waals surface area (Å²) in [5.41, 5.74) is 1.77. The minimum Gasteiger partial charge on any atom is -0.423 e. The first-order valence-electron chi connectivity index (χ1n) is 3.57. The SMILES string of the molecule is C=C1OC(=O)C2=C1CC=CC2. The maximum atomic E-state index is 11.0. The number of hydrogen-bond donors (Lipinski definition) is 0. The van der Waals surface area contributed by atoms with E-state index in [-0.39, 0.29) is 5.97 Å². The summed E-state index contributed by atoms with van der Waals surface area (Å²) in [4.78, 5) is 11.0. The molecule has 0 fully saturated rings. The second kappa shape index (κ2) is 2.09. The largest absolute Gasteiger partial charge is 0.423 e. The van der Waals surface area contributed by atoms with E-state index in [4.69, 9.17) is 4.74 Å². The fourth-order valence-electron chi connectivity index (χ4n) is 1.37. The van der Waals surface area contributed by atoms with Gasteiger partial charge in [0.2, 0.25) is 0 Å². The zero-order chi connectivity index (χ0) is 7.84. The van der Waals surface area contributed by atoms with Crippen LogP contribution in [0, 0.1) is 0 Å². The Kier molecular flexibility index (Phi) is 1.22. The summed E-state index contributed by atoms with van der Waals surface area (Å²) in [5, 5.41) is 0. The van der Waals surface area contributed by atoms with Crippen molar-refractivity contribution >= 4 is 5.97 Å². The molecule has 0 aromatic heterocycles. The molecule has 2 aliphatic rings. The van der Waals surface area contributed by atoms with Gasteiger partial charge in [-0.2, -0.15) is 0 Å². The molecule has 0 spiro atoms. The maximum Gasteiger partial charge on any atom is 0.340 e. The smallest absolute Gasteiger partial charge is 0.340 e. The topological polar surface area (TPSA) is 26.3 Å². The van der Waals surface area contributed by atoms with Gasteiger partial charge in [-0.3, -0.25) is 0 Å². The van der Waals surface area contributed by atoms with Crippen LogP contribution < -0.4 is 0 Å². The Hall–Kier alpha value is -1.31. The van der Waals surface area contributed by atoms with E-state index in [1.54, 1.807) is 0 Å². The van der Waals surface area contributed by atoms with Crippen molar-refractivity contribution < 1.29 is 9.53 Å². The molecular formula is C9H8O2. The highest BCUT2D eigenvalue weighted by atomic mass is 16.5. The molecule has 0 aromatic carbocycles. The van der Waals surface area contributed by atoms with Crippen LogP contribution in [0.5, 0.6) is 0 Å². The van der Waals surface area contributed by atoms with E-state index >= 15 is 0 Å². The Bertz CT molecular complexity index is 267. The number of cyclic esters (lactones) is 1. The van der Waals surface area contributed by atoms with Gasteiger partial charge in [0, 0.05) is 11.1 Å². The van der Waals surface area contributed by atoms with Crippen molar-refractivity contribution in [2.75, 3.05) is 0 Å². The van der Waals surface area contributed by atoms with Gasteiger partial charge in [-0.15, -0.1) is 0 Å². The van der Waals surface area contributed by atoms with Crippen molar-refractivity contribution in [1.82, 2.24) is 0 Å². The molecule has 11 heavy (non-hydrogen) atoms. The van der Waals surface area contributed by atoms with Crippen molar-refractivity contribution in [1.29, 1.82) is 0 Å². The van der Waals surface area contributed by atoms with Gasteiger partial charge in [-0.05, 0) is 12.8 Å². The number of hydrogen-bond acceptors (Lipinski definition) is 2. The van der Waals surface area contributed by atoms with Gasteiger partial charge in [-0.25, -0.2) is 4.79 Å². The highest BCUT2D eigenvalue weighted by molar-refractivity contribution is 5.95. The molecule has 0 unspecified atom stereocenters. The van der Waals surface area contributed by atoms with Crippen LogP contribution in [-0.4, -0.2) is 5.97 Å². The van der Waals surface area contributed by atoms with Gasteiger partial charge >= 0.3 is 5.97 Å². The minimum absolute atomic E-state index is 0.214. The lowest BCUT2D eigenvalue weighted by molar-refractivity contribution is -0.133. The Balaban J connectivity index is 2.42. The summed E-state index contributed by atoms with van der Waals surface area (Å²) in [6, 6.07) is 0. The minimum atomic E-state index is -0.214. The molecule has 1 heterocycles. The molecule has 2 rings (SSSR count). The van der Waals surface area contributed by atoms with Gasteiger partial charge in [0.25, 0.3) is 0 Å². The number of ether oxygens (including phenoxy) is 1. The van der Waals surface area contributed by atoms with E-state index in [2.05, 4.69) is 6.58 Å². The van der Waals surface area contributed by atoms with Gasteiger partial charge in [0.1, 0.15) is 5.76 Å². The van der Waals surface area contributed by atoms with Gasteiger partial charge < -0.3 is 4.74 Å². The fraction of sp³-hybridized carbons (Fsp3) is 0.222. The van der Waals surface area contributed by atoms with Crippen LogP contribution in [0.25, 0.3) is 0 Å². The van der Waals surface area contributed by atoms with Crippen molar-refractivity contribution in [3.05, 3.63) is 35.6 Å². The molecule has 0 N–H and O–H groups in total. The summed E-state index contributed by atoms with van der Waals surface area (Å²) in [5.74, 6) is 0.323. The van der Waals surface area contributed by atoms with E-state index in [1.165, 1.54) is 0 Å². The number of carbonyl (C=O) groups is 1. The number of carbonyl (C=O) groups excluding carboxylic acids is 1. The Labute approximate surface area is 64.9 Å². The maximum absolute atomic E-state index is 11.0. The van der Waals surface area contributed by atoms with Gasteiger partial charge in [-0.1, -0.05) is 18.7 Å². The quantitative estimate of drug-likeness (QED) is 0.386. The van der Waals surface area contributed by atoms with Crippen molar-refractivity contribution in [2.45, 2.75) is 12.8 Å². The summed E-state index contributed by atoms with van der Waals surface area (Å²) in [6.45, 7) is 3.65. The van der Waals surface area contributed by atoms with Gasteiger partial charge in [0.15, 0.2) is 0 Å². The Morgan fingerprint density at radius 1 is 1.27 bits per heavy atom. The molecule has 2 nitrogen and oxygen atoms in total. The Morgan fingerprint density at radius 2 is 1.91 bits per heavy atom. The van der Waals surface area contributed by atoms with Crippen LogP contribution in [0.4, 0.5) is 0 Å². The lowest BCUT2D eigenvalue weighted by Crippen LogP contribution is -1.98. The highest BCUT2D eigenvalue weighted by Crippen LogP contribution is 2.32. The molecule has 0 radical (unpaired) electrons. The zero-order valence-electron chi connectivity index (χ0n) is 6.09. The van der Waals surface area contributed by atoms with Crippen LogP contribution in [0.15, 0.2) is 35.6 Å². The summed E-state index contributed by atoms with van der Waals surface area (Å²) < 4.78 is 4.86. The van der Waals surface area contributed by atoms with Crippen LogP contribution in [0.2, 0.25) is 0 Å². The third-order valence-corrected chi connectivity index (χ3v) is 1.97. The number of rotatable bonds is 0. The molecular weight excluding hydrogens is 140 g/mol. The summed E-state index contributed by atoms with van der Waals surface area (Å²) in [7, 11) is 0. The third-order valence-electron chi connectivity index (χ3n) is 1.97. The van der Waals surface area contributed by atoms with E-state index in [0.717, 1.165) is 17.6 Å². The van der Waals surface area contributed by atoms with Gasteiger partial charge in [0.05, 0.1) is 0 Å². The molecule has 0 saturated carbocycles. The lowest BCUT2D eigenvalue weighted by atomic mass is 9.98. The third kappa shape index (κ3) is 0.827. The van der Waals surface area contributed by atoms with E-state index in [0.29, 0.717) is 12.2 Å². The molecule has 0 atom stereocenters. The molecule has 1 aliphatic heterocycles. The second-order valence-electron chi connectivity index (χ2n) is 2.65. The monoisotopic (exact) mass is 148 g/mol. The predicted octanol–water partition coefficient (Wildman–Crippen LogP) is 1.70. The first kappa shape index (κ1) is 6.40. The van der Waals surface area contributed by atoms with Crippen molar-refractivity contribution in [3.63, 3.8) is 0 Å². The van der Waals surface area contributed by atoms with Crippen LogP contribution in [-0.2, 0) is 9.53 Å². The average molecular weight is 148 g/mol. The molecule has 2 heteroatoms.